The Morgan fingerprint density at radius 3 is 2.16 bits per heavy atom. The van der Waals surface area contributed by atoms with Crippen molar-refractivity contribution in [2.75, 3.05) is 19.6 Å². The van der Waals surface area contributed by atoms with Gasteiger partial charge in [-0.15, -0.1) is 0 Å². The molecule has 0 bridgehead atoms. The number of halogens is 1. The van der Waals surface area contributed by atoms with Gasteiger partial charge in [0.25, 0.3) is 11.8 Å². The molecule has 4 nitrogen and oxygen atoms in total. The summed E-state index contributed by atoms with van der Waals surface area (Å²) in [6.45, 7) is 5.50. The van der Waals surface area contributed by atoms with E-state index < -0.39 is 0 Å². The molecule has 25 heavy (non-hydrogen) atoms. The van der Waals surface area contributed by atoms with Crippen LogP contribution in [0.15, 0.2) is 48.5 Å². The van der Waals surface area contributed by atoms with Crippen molar-refractivity contribution in [3.05, 3.63) is 71.0 Å². The fourth-order valence-corrected chi connectivity index (χ4v) is 2.57. The van der Waals surface area contributed by atoms with E-state index in [0.717, 1.165) is 0 Å². The number of nitrogens with one attached hydrogen (secondary N) is 1. The Balaban J connectivity index is 1.92. The summed E-state index contributed by atoms with van der Waals surface area (Å²) < 4.78 is 13.5. The fraction of sp³-hybridized carbons (Fsp3) is 0.300. The van der Waals surface area contributed by atoms with E-state index in [1.807, 2.05) is 13.8 Å². The molecule has 0 aliphatic carbocycles. The molecule has 2 aromatic carbocycles. The molecular formula is C20H23FN2O2. The van der Waals surface area contributed by atoms with Crippen molar-refractivity contribution in [1.82, 2.24) is 10.2 Å². The molecule has 132 valence electrons. The molecule has 0 saturated heterocycles. The Kier molecular flexibility index (Phi) is 6.69. The van der Waals surface area contributed by atoms with Crippen molar-refractivity contribution in [1.29, 1.82) is 0 Å². The van der Waals surface area contributed by atoms with Crippen molar-refractivity contribution >= 4 is 11.8 Å². The predicted octanol–water partition coefficient (Wildman–Crippen LogP) is 3.28. The molecule has 2 rings (SSSR count). The minimum absolute atomic E-state index is 0.0449. The summed E-state index contributed by atoms with van der Waals surface area (Å²) in [7, 11) is 0. The lowest BCUT2D eigenvalue weighted by atomic mass is 10.1. The minimum atomic E-state index is -0.268. The first-order valence-corrected chi connectivity index (χ1v) is 8.47. The van der Waals surface area contributed by atoms with Gasteiger partial charge in [-0.1, -0.05) is 18.2 Å². The number of benzene rings is 2. The van der Waals surface area contributed by atoms with Gasteiger partial charge >= 0.3 is 0 Å². The lowest BCUT2D eigenvalue weighted by Gasteiger charge is -2.18. The monoisotopic (exact) mass is 342 g/mol. The largest absolute Gasteiger partial charge is 0.352 e. The molecule has 0 spiro atoms. The second-order valence-corrected chi connectivity index (χ2v) is 5.65. The summed E-state index contributed by atoms with van der Waals surface area (Å²) in [6, 6.07) is 13.1. The maximum Gasteiger partial charge on any atom is 0.253 e. The molecule has 0 heterocycles. The number of nitrogens with zero attached hydrogens (tertiary/aromatic N) is 1. The third kappa shape index (κ3) is 4.89. The fourth-order valence-electron chi connectivity index (χ4n) is 2.57. The van der Waals surface area contributed by atoms with Crippen molar-refractivity contribution in [2.24, 2.45) is 0 Å². The molecule has 0 saturated carbocycles. The summed E-state index contributed by atoms with van der Waals surface area (Å²) >= 11 is 0. The highest BCUT2D eigenvalue weighted by Crippen LogP contribution is 2.09. The van der Waals surface area contributed by atoms with Crippen LogP contribution in [0.1, 0.15) is 40.1 Å². The molecule has 5 heteroatoms. The van der Waals surface area contributed by atoms with Crippen LogP contribution in [0.5, 0.6) is 0 Å². The topological polar surface area (TPSA) is 49.4 Å². The van der Waals surface area contributed by atoms with Crippen molar-refractivity contribution in [3.8, 4) is 0 Å². The maximum absolute atomic E-state index is 13.5. The number of hydrogen-bond donors (Lipinski definition) is 1. The highest BCUT2D eigenvalue weighted by molar-refractivity contribution is 5.97. The first-order chi connectivity index (χ1) is 12.1. The first kappa shape index (κ1) is 18.6. The zero-order valence-electron chi connectivity index (χ0n) is 14.6. The Morgan fingerprint density at radius 1 is 0.960 bits per heavy atom. The molecule has 0 aliphatic rings. The normalized spacial score (nSPS) is 10.4. The number of hydrogen-bond acceptors (Lipinski definition) is 2. The van der Waals surface area contributed by atoms with E-state index in [0.29, 0.717) is 42.7 Å². The third-order valence-electron chi connectivity index (χ3n) is 4.08. The standard InChI is InChI=1S/C20H23FN2O2/c1-3-23(4-2)20(25)17-11-9-16(10-12-17)19(24)22-14-13-15-7-5-6-8-18(15)21/h5-12H,3-4,13-14H2,1-2H3,(H,22,24). The van der Waals surface area contributed by atoms with E-state index in [4.69, 9.17) is 0 Å². The SMILES string of the molecule is CCN(CC)C(=O)c1ccc(C(=O)NCCc2ccccc2F)cc1. The highest BCUT2D eigenvalue weighted by atomic mass is 19.1. The molecule has 0 unspecified atom stereocenters. The van der Waals surface area contributed by atoms with Crippen LogP contribution < -0.4 is 5.32 Å². The van der Waals surface area contributed by atoms with Gasteiger partial charge in [0.15, 0.2) is 0 Å². The smallest absolute Gasteiger partial charge is 0.253 e. The Labute approximate surface area is 147 Å². The van der Waals surface area contributed by atoms with Crippen LogP contribution >= 0.6 is 0 Å². The second-order valence-electron chi connectivity index (χ2n) is 5.65. The predicted molar refractivity (Wildman–Crippen MR) is 96.1 cm³/mol. The second kappa shape index (κ2) is 8.97. The van der Waals surface area contributed by atoms with E-state index in [1.54, 1.807) is 47.4 Å². The number of carbonyl (C=O) groups excluding carboxylic acids is 2. The third-order valence-corrected chi connectivity index (χ3v) is 4.08. The lowest BCUT2D eigenvalue weighted by Crippen LogP contribution is -2.30. The van der Waals surface area contributed by atoms with Gasteiger partial charge in [-0.25, -0.2) is 4.39 Å². The van der Waals surface area contributed by atoms with Gasteiger partial charge in [0.2, 0.25) is 0 Å². The van der Waals surface area contributed by atoms with Crippen LogP contribution in [-0.4, -0.2) is 36.3 Å². The van der Waals surface area contributed by atoms with Gasteiger partial charge in [-0.2, -0.15) is 0 Å². The van der Waals surface area contributed by atoms with Crippen LogP contribution in [0, 0.1) is 5.82 Å². The summed E-state index contributed by atoms with van der Waals surface area (Å²) in [4.78, 5) is 26.1. The van der Waals surface area contributed by atoms with Crippen molar-refractivity contribution < 1.29 is 14.0 Å². The van der Waals surface area contributed by atoms with Crippen LogP contribution in [0.3, 0.4) is 0 Å². The zero-order chi connectivity index (χ0) is 18.2. The molecule has 0 atom stereocenters. The number of carbonyl (C=O) groups is 2. The van der Waals surface area contributed by atoms with Gasteiger partial charge in [-0.05, 0) is 56.2 Å². The molecule has 0 radical (unpaired) electrons. The van der Waals surface area contributed by atoms with Gasteiger partial charge in [-0.3, -0.25) is 9.59 Å². The van der Waals surface area contributed by atoms with E-state index >= 15 is 0 Å². The number of rotatable bonds is 7. The van der Waals surface area contributed by atoms with Gasteiger partial charge in [0.1, 0.15) is 5.82 Å². The molecule has 2 amide bonds. The van der Waals surface area contributed by atoms with Crippen LogP contribution in [0.2, 0.25) is 0 Å². The molecule has 2 aromatic rings. The van der Waals surface area contributed by atoms with E-state index in [-0.39, 0.29) is 17.6 Å². The van der Waals surface area contributed by atoms with Gasteiger partial charge < -0.3 is 10.2 Å². The quantitative estimate of drug-likeness (QED) is 0.839. The first-order valence-electron chi connectivity index (χ1n) is 8.47. The van der Waals surface area contributed by atoms with Crippen LogP contribution in [0.4, 0.5) is 4.39 Å². The Bertz CT molecular complexity index is 725. The van der Waals surface area contributed by atoms with Crippen LogP contribution in [0.25, 0.3) is 0 Å². The Morgan fingerprint density at radius 2 is 1.56 bits per heavy atom. The van der Waals surface area contributed by atoms with E-state index in [9.17, 15) is 14.0 Å². The average molecular weight is 342 g/mol. The van der Waals surface area contributed by atoms with Gasteiger partial charge in [0.05, 0.1) is 0 Å². The zero-order valence-corrected chi connectivity index (χ0v) is 14.6. The van der Waals surface area contributed by atoms with E-state index in [2.05, 4.69) is 5.32 Å². The molecule has 0 aliphatic heterocycles. The summed E-state index contributed by atoms with van der Waals surface area (Å²) in [5.41, 5.74) is 1.61. The summed E-state index contributed by atoms with van der Waals surface area (Å²) in [5.74, 6) is -0.550. The average Bonchev–Trinajstić information content (AvgIpc) is 2.64. The maximum atomic E-state index is 13.5. The van der Waals surface area contributed by atoms with Gasteiger partial charge in [0, 0.05) is 30.8 Å². The molecule has 0 aromatic heterocycles. The summed E-state index contributed by atoms with van der Waals surface area (Å²) in [5, 5.41) is 2.77. The van der Waals surface area contributed by atoms with Crippen LogP contribution in [-0.2, 0) is 6.42 Å². The molecule has 1 N–H and O–H groups in total. The lowest BCUT2D eigenvalue weighted by molar-refractivity contribution is 0.0772. The molecular weight excluding hydrogens is 319 g/mol. The minimum Gasteiger partial charge on any atom is -0.352 e. The van der Waals surface area contributed by atoms with E-state index in [1.165, 1.54) is 6.07 Å². The van der Waals surface area contributed by atoms with Crippen molar-refractivity contribution in [2.45, 2.75) is 20.3 Å². The van der Waals surface area contributed by atoms with Crippen molar-refractivity contribution in [3.63, 3.8) is 0 Å². The number of amides is 2. The Hall–Kier alpha value is -2.69. The highest BCUT2D eigenvalue weighted by Gasteiger charge is 2.13. The molecule has 0 fully saturated rings. The summed E-state index contributed by atoms with van der Waals surface area (Å²) in [6.07, 6.45) is 0.428.